The van der Waals surface area contributed by atoms with Gasteiger partial charge in [0, 0.05) is 38.0 Å². The summed E-state index contributed by atoms with van der Waals surface area (Å²) in [6.07, 6.45) is 1.34. The number of hydrogen-bond donors (Lipinski definition) is 0. The van der Waals surface area contributed by atoms with Crippen molar-refractivity contribution >= 4 is 16.9 Å². The van der Waals surface area contributed by atoms with Crippen molar-refractivity contribution in [3.05, 3.63) is 62.6 Å². The van der Waals surface area contributed by atoms with Gasteiger partial charge in [0.2, 0.25) is 0 Å². The van der Waals surface area contributed by atoms with Crippen LogP contribution in [0.25, 0.3) is 11.0 Å². The number of likely N-dealkylation sites (tertiary alicyclic amines) is 1. The lowest BCUT2D eigenvalue weighted by molar-refractivity contribution is 0.0706. The Kier molecular flexibility index (Phi) is 6.03. The van der Waals surface area contributed by atoms with Crippen molar-refractivity contribution in [1.82, 2.24) is 19.2 Å². The number of benzene rings is 1. The zero-order valence-corrected chi connectivity index (χ0v) is 17.7. The summed E-state index contributed by atoms with van der Waals surface area (Å²) in [5, 5.41) is 5.25. The number of hydrogen-bond acceptors (Lipinski definition) is 6. The number of amides is 1. The molecule has 0 bridgehead atoms. The quantitative estimate of drug-likeness (QED) is 0.558. The minimum absolute atomic E-state index is 0.0476. The van der Waals surface area contributed by atoms with Gasteiger partial charge in [-0.05, 0) is 31.9 Å². The fourth-order valence-electron chi connectivity index (χ4n) is 4.10. The Morgan fingerprint density at radius 1 is 1.23 bits per heavy atom. The van der Waals surface area contributed by atoms with Gasteiger partial charge in [0.15, 0.2) is 0 Å². The number of carbonyl (C=O) groups is 1. The zero-order chi connectivity index (χ0) is 22.0. The van der Waals surface area contributed by atoms with Crippen molar-refractivity contribution in [2.24, 2.45) is 0 Å². The molecule has 1 fully saturated rings. The molecule has 3 aromatic rings. The van der Waals surface area contributed by atoms with Crippen LogP contribution in [-0.2, 0) is 17.8 Å². The van der Waals surface area contributed by atoms with Crippen LogP contribution in [0.15, 0.2) is 44.3 Å². The molecule has 0 N–H and O–H groups in total. The van der Waals surface area contributed by atoms with E-state index >= 15 is 0 Å². The lowest BCUT2D eigenvalue weighted by atomic mass is 9.95. The number of aromatic nitrogens is 3. The number of rotatable bonds is 6. The maximum absolute atomic E-state index is 13.0. The number of nitrogens with zero attached hydrogens (tertiary/aromatic N) is 4. The van der Waals surface area contributed by atoms with E-state index in [-0.39, 0.29) is 23.1 Å². The van der Waals surface area contributed by atoms with E-state index in [0.717, 1.165) is 5.82 Å². The Hall–Kier alpha value is -3.20. The average molecular weight is 426 g/mol. The van der Waals surface area contributed by atoms with Crippen LogP contribution in [0.2, 0.25) is 0 Å². The Morgan fingerprint density at radius 2 is 1.97 bits per heavy atom. The molecule has 1 aromatic carbocycles. The molecule has 0 saturated carbocycles. The van der Waals surface area contributed by atoms with Gasteiger partial charge in [-0.1, -0.05) is 18.2 Å². The van der Waals surface area contributed by atoms with Crippen molar-refractivity contribution in [1.29, 1.82) is 0 Å². The lowest BCUT2D eigenvalue weighted by Gasteiger charge is -2.31. The second-order valence-electron chi connectivity index (χ2n) is 7.65. The van der Waals surface area contributed by atoms with Crippen molar-refractivity contribution < 1.29 is 13.9 Å². The van der Waals surface area contributed by atoms with Gasteiger partial charge in [0.1, 0.15) is 17.0 Å². The topological polar surface area (TPSA) is 99.6 Å². The SMILES string of the molecule is CCn1c(C2CCN(C(=O)c3cc4ccccc4oc3=O)CC2)nn(CCOC)c1=O. The third-order valence-electron chi connectivity index (χ3n) is 5.79. The molecule has 0 radical (unpaired) electrons. The predicted octanol–water partition coefficient (Wildman–Crippen LogP) is 1.84. The van der Waals surface area contributed by atoms with Crippen molar-refractivity contribution in [3.8, 4) is 0 Å². The first-order chi connectivity index (χ1) is 15.0. The molecule has 4 rings (SSSR count). The van der Waals surface area contributed by atoms with Crippen LogP contribution in [0.4, 0.5) is 0 Å². The van der Waals surface area contributed by atoms with E-state index in [4.69, 9.17) is 9.15 Å². The maximum Gasteiger partial charge on any atom is 0.349 e. The summed E-state index contributed by atoms with van der Waals surface area (Å²) in [5.74, 6) is 0.505. The van der Waals surface area contributed by atoms with Gasteiger partial charge in [-0.3, -0.25) is 9.36 Å². The number of methoxy groups -OCH3 is 1. The van der Waals surface area contributed by atoms with E-state index in [0.29, 0.717) is 56.6 Å². The number of fused-ring (bicyclic) bond motifs is 1. The Bertz CT molecular complexity index is 1200. The molecule has 164 valence electrons. The normalized spacial score (nSPS) is 15.0. The summed E-state index contributed by atoms with van der Waals surface area (Å²) in [7, 11) is 1.59. The third kappa shape index (κ3) is 4.05. The molecule has 1 aliphatic rings. The molecule has 0 atom stereocenters. The van der Waals surface area contributed by atoms with E-state index in [2.05, 4.69) is 5.10 Å². The monoisotopic (exact) mass is 426 g/mol. The van der Waals surface area contributed by atoms with Crippen LogP contribution in [0.5, 0.6) is 0 Å². The predicted molar refractivity (Wildman–Crippen MR) is 114 cm³/mol. The standard InChI is InChI=1S/C22H26N4O5/c1-3-25-19(23-26(22(25)29)12-13-30-2)15-8-10-24(11-9-15)20(27)17-14-16-6-4-5-7-18(16)31-21(17)28/h4-7,14-15H,3,8-13H2,1-2H3. The first kappa shape index (κ1) is 21.0. The van der Waals surface area contributed by atoms with Crippen LogP contribution < -0.4 is 11.3 Å². The fraction of sp³-hybridized carbons (Fsp3) is 0.455. The average Bonchev–Trinajstić information content (AvgIpc) is 3.12. The van der Waals surface area contributed by atoms with Gasteiger partial charge in [-0.2, -0.15) is 5.10 Å². The largest absolute Gasteiger partial charge is 0.422 e. The summed E-state index contributed by atoms with van der Waals surface area (Å²) in [6.45, 7) is 4.26. The van der Waals surface area contributed by atoms with Crippen molar-refractivity contribution in [2.45, 2.75) is 38.8 Å². The molecule has 1 saturated heterocycles. The molecule has 0 aliphatic carbocycles. The lowest BCUT2D eigenvalue weighted by Crippen LogP contribution is -2.40. The van der Waals surface area contributed by atoms with E-state index in [1.54, 1.807) is 34.8 Å². The van der Waals surface area contributed by atoms with Crippen molar-refractivity contribution in [3.63, 3.8) is 0 Å². The van der Waals surface area contributed by atoms with Crippen LogP contribution in [-0.4, -0.2) is 52.0 Å². The second kappa shape index (κ2) is 8.89. The highest BCUT2D eigenvalue weighted by molar-refractivity contribution is 5.96. The van der Waals surface area contributed by atoms with E-state index in [1.807, 2.05) is 19.1 Å². The Balaban J connectivity index is 1.50. The smallest absolute Gasteiger partial charge is 0.349 e. The van der Waals surface area contributed by atoms with Crippen LogP contribution in [0, 0.1) is 0 Å². The maximum atomic E-state index is 13.0. The van der Waals surface area contributed by atoms with Crippen LogP contribution >= 0.6 is 0 Å². The fourth-order valence-corrected chi connectivity index (χ4v) is 4.10. The zero-order valence-electron chi connectivity index (χ0n) is 17.7. The molecule has 1 amide bonds. The van der Waals surface area contributed by atoms with Crippen LogP contribution in [0.1, 0.15) is 41.9 Å². The summed E-state index contributed by atoms with van der Waals surface area (Å²) >= 11 is 0. The molecule has 0 unspecified atom stereocenters. The van der Waals surface area contributed by atoms with E-state index < -0.39 is 5.63 Å². The van der Waals surface area contributed by atoms with E-state index in [9.17, 15) is 14.4 Å². The second-order valence-corrected chi connectivity index (χ2v) is 7.65. The highest BCUT2D eigenvalue weighted by Crippen LogP contribution is 2.27. The summed E-state index contributed by atoms with van der Waals surface area (Å²) in [5.41, 5.74) is -0.250. The Morgan fingerprint density at radius 3 is 2.68 bits per heavy atom. The van der Waals surface area contributed by atoms with Gasteiger partial charge in [-0.25, -0.2) is 14.3 Å². The molecule has 2 aromatic heterocycles. The minimum Gasteiger partial charge on any atom is -0.422 e. The number of para-hydroxylation sites is 1. The number of carbonyl (C=O) groups excluding carboxylic acids is 1. The summed E-state index contributed by atoms with van der Waals surface area (Å²) in [6, 6.07) is 8.73. The van der Waals surface area contributed by atoms with Gasteiger partial charge < -0.3 is 14.1 Å². The molecule has 1 aliphatic heterocycles. The van der Waals surface area contributed by atoms with Gasteiger partial charge >= 0.3 is 11.3 Å². The first-order valence-electron chi connectivity index (χ1n) is 10.5. The van der Waals surface area contributed by atoms with Gasteiger partial charge in [0.25, 0.3) is 5.91 Å². The highest BCUT2D eigenvalue weighted by Gasteiger charge is 2.30. The third-order valence-corrected chi connectivity index (χ3v) is 5.79. The van der Waals surface area contributed by atoms with E-state index in [1.165, 1.54) is 4.68 Å². The summed E-state index contributed by atoms with van der Waals surface area (Å²) < 4.78 is 13.5. The minimum atomic E-state index is -0.623. The first-order valence-corrected chi connectivity index (χ1v) is 10.5. The number of ether oxygens (including phenoxy) is 1. The molecule has 9 nitrogen and oxygen atoms in total. The van der Waals surface area contributed by atoms with Gasteiger partial charge in [-0.15, -0.1) is 0 Å². The molecular weight excluding hydrogens is 400 g/mol. The number of piperidine rings is 1. The Labute approximate surface area is 178 Å². The summed E-state index contributed by atoms with van der Waals surface area (Å²) in [4.78, 5) is 39.6. The molecule has 31 heavy (non-hydrogen) atoms. The molecule has 0 spiro atoms. The molecule has 3 heterocycles. The highest BCUT2D eigenvalue weighted by atomic mass is 16.5. The molecule has 9 heteroatoms. The molecular formula is C22H26N4O5. The van der Waals surface area contributed by atoms with Crippen LogP contribution in [0.3, 0.4) is 0 Å². The van der Waals surface area contributed by atoms with Gasteiger partial charge in [0.05, 0.1) is 13.2 Å². The van der Waals surface area contributed by atoms with Crippen molar-refractivity contribution in [2.75, 3.05) is 26.8 Å².